The van der Waals surface area contributed by atoms with Gasteiger partial charge in [0.15, 0.2) is 5.78 Å². The lowest BCUT2D eigenvalue weighted by Gasteiger charge is -2.24. The highest BCUT2D eigenvalue weighted by Crippen LogP contribution is 2.09. The van der Waals surface area contributed by atoms with Gasteiger partial charge in [0.2, 0.25) is 0 Å². The van der Waals surface area contributed by atoms with Crippen molar-refractivity contribution in [1.29, 1.82) is 0 Å². The van der Waals surface area contributed by atoms with Crippen molar-refractivity contribution in [2.45, 2.75) is 59.6 Å². The number of carbonyl (C=O) groups excluding carboxylic acids is 2. The topological polar surface area (TPSA) is 55.4 Å². The van der Waals surface area contributed by atoms with Crippen LogP contribution in [0, 0.1) is 5.92 Å². The Hall–Kier alpha value is -1.06. The maximum Gasteiger partial charge on any atom is 0.408 e. The van der Waals surface area contributed by atoms with Crippen LogP contribution in [0.15, 0.2) is 0 Å². The van der Waals surface area contributed by atoms with E-state index in [1.54, 1.807) is 27.7 Å². The molecule has 1 atom stereocenters. The van der Waals surface area contributed by atoms with Crippen molar-refractivity contribution in [2.24, 2.45) is 5.92 Å². The van der Waals surface area contributed by atoms with Crippen LogP contribution < -0.4 is 5.32 Å². The molecule has 94 valence electrons. The summed E-state index contributed by atoms with van der Waals surface area (Å²) in [6.45, 7) is 11.0. The molecular formula is C12H23NO3. The standard InChI is InChI=1S/C12H23NO3/c1-7-9(14)10(8(2)3)13-11(15)16-12(4,5)6/h8,10H,7H2,1-6H3,(H,13,15)/t10-/m1/s1. The number of amides is 1. The Morgan fingerprint density at radius 2 is 1.75 bits per heavy atom. The predicted octanol–water partition coefficient (Wildman–Crippen LogP) is 2.51. The average Bonchev–Trinajstić information content (AvgIpc) is 2.09. The van der Waals surface area contributed by atoms with E-state index in [4.69, 9.17) is 4.74 Å². The zero-order chi connectivity index (χ0) is 12.9. The molecule has 0 fully saturated rings. The Morgan fingerprint density at radius 1 is 1.25 bits per heavy atom. The number of ether oxygens (including phenoxy) is 1. The fourth-order valence-corrected chi connectivity index (χ4v) is 1.27. The molecule has 0 aliphatic rings. The van der Waals surface area contributed by atoms with Gasteiger partial charge in [-0.1, -0.05) is 20.8 Å². The molecule has 0 aliphatic carbocycles. The minimum Gasteiger partial charge on any atom is -0.444 e. The molecule has 4 heteroatoms. The van der Waals surface area contributed by atoms with Crippen molar-refractivity contribution in [3.05, 3.63) is 0 Å². The van der Waals surface area contributed by atoms with E-state index in [1.165, 1.54) is 0 Å². The Balaban J connectivity index is 4.42. The van der Waals surface area contributed by atoms with Crippen LogP contribution in [0.1, 0.15) is 48.0 Å². The van der Waals surface area contributed by atoms with E-state index in [9.17, 15) is 9.59 Å². The zero-order valence-electron chi connectivity index (χ0n) is 11.1. The number of carbonyl (C=O) groups is 2. The fourth-order valence-electron chi connectivity index (χ4n) is 1.27. The van der Waals surface area contributed by atoms with E-state index in [0.29, 0.717) is 6.42 Å². The highest BCUT2D eigenvalue weighted by Gasteiger charge is 2.25. The normalized spacial score (nSPS) is 13.4. The first kappa shape index (κ1) is 14.9. The molecule has 0 aromatic carbocycles. The SMILES string of the molecule is CCC(=O)[C@H](NC(=O)OC(C)(C)C)C(C)C. The summed E-state index contributed by atoms with van der Waals surface area (Å²) in [7, 11) is 0. The molecule has 0 aromatic heterocycles. The van der Waals surface area contributed by atoms with Gasteiger partial charge in [-0.25, -0.2) is 4.79 Å². The number of rotatable bonds is 4. The monoisotopic (exact) mass is 229 g/mol. The molecular weight excluding hydrogens is 206 g/mol. The van der Waals surface area contributed by atoms with Crippen LogP contribution in [-0.4, -0.2) is 23.5 Å². The molecule has 0 aromatic rings. The summed E-state index contributed by atoms with van der Waals surface area (Å²) in [6, 6.07) is -0.458. The molecule has 0 bridgehead atoms. The van der Waals surface area contributed by atoms with Gasteiger partial charge in [-0.15, -0.1) is 0 Å². The molecule has 1 N–H and O–H groups in total. The smallest absolute Gasteiger partial charge is 0.408 e. The minimum absolute atomic E-state index is 0.0286. The van der Waals surface area contributed by atoms with E-state index >= 15 is 0 Å². The second-order valence-electron chi connectivity index (χ2n) is 5.19. The fraction of sp³-hybridized carbons (Fsp3) is 0.833. The van der Waals surface area contributed by atoms with Crippen LogP contribution in [0.25, 0.3) is 0 Å². The summed E-state index contributed by atoms with van der Waals surface area (Å²) in [5.41, 5.74) is -0.541. The third-order valence-electron chi connectivity index (χ3n) is 2.03. The van der Waals surface area contributed by atoms with Gasteiger partial charge in [-0.2, -0.15) is 0 Å². The summed E-state index contributed by atoms with van der Waals surface area (Å²) in [5, 5.41) is 2.61. The predicted molar refractivity (Wildman–Crippen MR) is 63.3 cm³/mol. The maximum atomic E-state index is 11.6. The summed E-state index contributed by atoms with van der Waals surface area (Å²) >= 11 is 0. The number of nitrogens with one attached hydrogen (secondary N) is 1. The molecule has 0 spiro atoms. The second-order valence-corrected chi connectivity index (χ2v) is 5.19. The van der Waals surface area contributed by atoms with Gasteiger partial charge in [0, 0.05) is 6.42 Å². The largest absolute Gasteiger partial charge is 0.444 e. The third-order valence-corrected chi connectivity index (χ3v) is 2.03. The first-order valence-electron chi connectivity index (χ1n) is 5.69. The molecule has 0 aliphatic heterocycles. The Bertz CT molecular complexity index is 253. The van der Waals surface area contributed by atoms with E-state index in [0.717, 1.165) is 0 Å². The highest BCUT2D eigenvalue weighted by molar-refractivity contribution is 5.87. The number of hydrogen-bond acceptors (Lipinski definition) is 3. The van der Waals surface area contributed by atoms with Gasteiger partial charge >= 0.3 is 6.09 Å². The van der Waals surface area contributed by atoms with Crippen LogP contribution in [0.3, 0.4) is 0 Å². The maximum absolute atomic E-state index is 11.6. The van der Waals surface area contributed by atoms with Crippen LogP contribution in [0.4, 0.5) is 4.79 Å². The van der Waals surface area contributed by atoms with Gasteiger partial charge in [0.1, 0.15) is 5.60 Å². The van der Waals surface area contributed by atoms with Crippen LogP contribution in [-0.2, 0) is 9.53 Å². The van der Waals surface area contributed by atoms with Crippen molar-refractivity contribution in [2.75, 3.05) is 0 Å². The lowest BCUT2D eigenvalue weighted by atomic mass is 9.99. The molecule has 0 radical (unpaired) electrons. The Labute approximate surface area is 97.7 Å². The van der Waals surface area contributed by atoms with Crippen molar-refractivity contribution in [3.63, 3.8) is 0 Å². The van der Waals surface area contributed by atoms with Gasteiger partial charge < -0.3 is 10.1 Å². The first-order valence-corrected chi connectivity index (χ1v) is 5.69. The van der Waals surface area contributed by atoms with Gasteiger partial charge in [0.05, 0.1) is 6.04 Å². The highest BCUT2D eigenvalue weighted by atomic mass is 16.6. The molecule has 0 heterocycles. The molecule has 16 heavy (non-hydrogen) atoms. The van der Waals surface area contributed by atoms with Crippen molar-refractivity contribution in [1.82, 2.24) is 5.32 Å². The summed E-state index contributed by atoms with van der Waals surface area (Å²) in [4.78, 5) is 23.1. The van der Waals surface area contributed by atoms with Crippen molar-refractivity contribution in [3.8, 4) is 0 Å². The summed E-state index contributed by atoms with van der Waals surface area (Å²) < 4.78 is 5.11. The van der Waals surface area contributed by atoms with E-state index in [1.807, 2.05) is 13.8 Å². The molecule has 0 saturated heterocycles. The Morgan fingerprint density at radius 3 is 2.06 bits per heavy atom. The van der Waals surface area contributed by atoms with Crippen LogP contribution in [0.2, 0.25) is 0 Å². The van der Waals surface area contributed by atoms with Crippen LogP contribution >= 0.6 is 0 Å². The third kappa shape index (κ3) is 5.73. The number of alkyl carbamates (subject to hydrolysis) is 1. The molecule has 4 nitrogen and oxygen atoms in total. The lowest BCUT2D eigenvalue weighted by Crippen LogP contribution is -2.46. The number of hydrogen-bond donors (Lipinski definition) is 1. The lowest BCUT2D eigenvalue weighted by molar-refractivity contribution is -0.121. The molecule has 0 unspecified atom stereocenters. The molecule has 0 rings (SSSR count). The number of ketones is 1. The van der Waals surface area contributed by atoms with E-state index in [2.05, 4.69) is 5.32 Å². The first-order chi connectivity index (χ1) is 7.17. The van der Waals surface area contributed by atoms with Gasteiger partial charge in [0.25, 0.3) is 0 Å². The second kappa shape index (κ2) is 5.87. The van der Waals surface area contributed by atoms with Gasteiger partial charge in [-0.3, -0.25) is 4.79 Å². The van der Waals surface area contributed by atoms with Crippen molar-refractivity contribution >= 4 is 11.9 Å². The van der Waals surface area contributed by atoms with Crippen LogP contribution in [0.5, 0.6) is 0 Å². The number of Topliss-reactive ketones (excluding diaryl/α,β-unsaturated/α-hetero) is 1. The van der Waals surface area contributed by atoms with Crippen molar-refractivity contribution < 1.29 is 14.3 Å². The molecule has 1 amide bonds. The summed E-state index contributed by atoms with van der Waals surface area (Å²) in [6.07, 6.45) is -0.119. The zero-order valence-corrected chi connectivity index (χ0v) is 11.1. The van der Waals surface area contributed by atoms with E-state index < -0.39 is 17.7 Å². The minimum atomic E-state index is -0.541. The van der Waals surface area contributed by atoms with Gasteiger partial charge in [-0.05, 0) is 26.7 Å². The quantitative estimate of drug-likeness (QED) is 0.805. The molecule has 0 saturated carbocycles. The summed E-state index contributed by atoms with van der Waals surface area (Å²) in [5.74, 6) is 0.0980. The van der Waals surface area contributed by atoms with E-state index in [-0.39, 0.29) is 11.7 Å². The Kier molecular flexibility index (Phi) is 5.48. The average molecular weight is 229 g/mol.